The van der Waals surface area contributed by atoms with Crippen LogP contribution in [-0.4, -0.2) is 36.3 Å². The van der Waals surface area contributed by atoms with E-state index in [1.807, 2.05) is 0 Å². The Hall–Kier alpha value is -2.77. The van der Waals surface area contributed by atoms with Gasteiger partial charge in [0.05, 0.1) is 23.6 Å². The summed E-state index contributed by atoms with van der Waals surface area (Å²) < 4.78 is 78.0. The predicted molar refractivity (Wildman–Crippen MR) is 102 cm³/mol. The zero-order valence-corrected chi connectivity index (χ0v) is 16.6. The highest BCUT2D eigenvalue weighted by Crippen LogP contribution is 2.37. The van der Waals surface area contributed by atoms with Crippen LogP contribution in [0.4, 0.5) is 32.0 Å². The SMILES string of the molecule is N#CCC(=NCCCN1CCCCCC1=O)Nc1cc(C(F)(F)F)cc(C(F)(F)F)c1. The van der Waals surface area contributed by atoms with Crippen LogP contribution in [0.2, 0.25) is 0 Å². The Balaban J connectivity index is 2.11. The van der Waals surface area contributed by atoms with Crippen molar-refractivity contribution in [2.75, 3.05) is 25.0 Å². The number of carbonyl (C=O) groups excluding carboxylic acids is 1. The Bertz CT molecular complexity index is 809. The molecule has 1 heterocycles. The standard InChI is InChI=1S/C20H22F6N4O/c21-19(22,23)14-11-15(20(24,25)26)13-16(12-14)29-17(6-7-27)28-8-4-10-30-9-3-1-2-5-18(30)31/h11-13H,1-6,8-10H2,(H,28,29). The van der Waals surface area contributed by atoms with Crippen molar-refractivity contribution in [1.29, 1.82) is 5.26 Å². The Morgan fingerprint density at radius 3 is 2.29 bits per heavy atom. The van der Waals surface area contributed by atoms with Gasteiger partial charge >= 0.3 is 12.4 Å². The molecule has 1 aromatic rings. The maximum atomic E-state index is 13.0. The molecular weight excluding hydrogens is 426 g/mol. The van der Waals surface area contributed by atoms with Gasteiger partial charge in [0.15, 0.2) is 0 Å². The van der Waals surface area contributed by atoms with E-state index in [2.05, 4.69) is 10.3 Å². The predicted octanol–water partition coefficient (Wildman–Crippen LogP) is 5.24. The number of likely N-dealkylation sites (tertiary alicyclic amines) is 1. The summed E-state index contributed by atoms with van der Waals surface area (Å²) in [4.78, 5) is 17.8. The molecule has 0 atom stereocenters. The second-order valence-corrected chi connectivity index (χ2v) is 7.13. The average molecular weight is 448 g/mol. The second-order valence-electron chi connectivity index (χ2n) is 7.13. The van der Waals surface area contributed by atoms with E-state index in [1.165, 1.54) is 0 Å². The number of alkyl halides is 6. The van der Waals surface area contributed by atoms with Gasteiger partial charge in [-0.2, -0.15) is 31.6 Å². The lowest BCUT2D eigenvalue weighted by Crippen LogP contribution is -2.31. The topological polar surface area (TPSA) is 68.5 Å². The van der Waals surface area contributed by atoms with E-state index in [1.54, 1.807) is 11.0 Å². The van der Waals surface area contributed by atoms with Crippen LogP contribution < -0.4 is 5.32 Å². The first-order valence-corrected chi connectivity index (χ1v) is 9.75. The van der Waals surface area contributed by atoms with E-state index in [4.69, 9.17) is 5.26 Å². The number of nitriles is 1. The molecule has 1 aliphatic heterocycles. The maximum absolute atomic E-state index is 13.0. The summed E-state index contributed by atoms with van der Waals surface area (Å²) in [5.74, 6) is 0.0117. The van der Waals surface area contributed by atoms with E-state index < -0.39 is 29.2 Å². The first-order chi connectivity index (χ1) is 14.5. The monoisotopic (exact) mass is 448 g/mol. The van der Waals surface area contributed by atoms with Crippen LogP contribution >= 0.6 is 0 Å². The van der Waals surface area contributed by atoms with Gasteiger partial charge in [-0.3, -0.25) is 9.79 Å². The number of nitrogens with one attached hydrogen (secondary N) is 1. The minimum Gasteiger partial charge on any atom is -0.343 e. The fourth-order valence-electron chi connectivity index (χ4n) is 3.16. The van der Waals surface area contributed by atoms with Crippen molar-refractivity contribution in [3.63, 3.8) is 0 Å². The van der Waals surface area contributed by atoms with E-state index in [0.717, 1.165) is 19.3 Å². The summed E-state index contributed by atoms with van der Waals surface area (Å²) in [5, 5.41) is 11.3. The molecule has 0 aliphatic carbocycles. The average Bonchev–Trinajstić information content (AvgIpc) is 2.88. The molecule has 11 heteroatoms. The van der Waals surface area contributed by atoms with Gasteiger partial charge in [0.1, 0.15) is 5.84 Å². The number of carbonyl (C=O) groups is 1. The Morgan fingerprint density at radius 2 is 1.71 bits per heavy atom. The van der Waals surface area contributed by atoms with Gasteiger partial charge in [-0.1, -0.05) is 6.42 Å². The maximum Gasteiger partial charge on any atom is 0.416 e. The Labute approximate surface area is 175 Å². The summed E-state index contributed by atoms with van der Waals surface area (Å²) in [6.07, 6.45) is -6.57. The third kappa shape index (κ3) is 7.77. The third-order valence-electron chi connectivity index (χ3n) is 4.68. The van der Waals surface area contributed by atoms with Gasteiger partial charge in [0, 0.05) is 31.7 Å². The van der Waals surface area contributed by atoms with Crippen LogP contribution in [0.5, 0.6) is 0 Å². The van der Waals surface area contributed by atoms with Crippen LogP contribution in [0.15, 0.2) is 23.2 Å². The zero-order chi connectivity index (χ0) is 23.1. The molecule has 0 spiro atoms. The molecule has 170 valence electrons. The van der Waals surface area contributed by atoms with Crippen molar-refractivity contribution < 1.29 is 31.1 Å². The first kappa shape index (κ1) is 24.5. The second kappa shape index (κ2) is 10.5. The number of amides is 1. The Morgan fingerprint density at radius 1 is 1.06 bits per heavy atom. The van der Waals surface area contributed by atoms with Gasteiger partial charge in [-0.25, -0.2) is 0 Å². The molecule has 5 nitrogen and oxygen atoms in total. The molecule has 0 saturated carbocycles. The van der Waals surface area contributed by atoms with Gasteiger partial charge in [-0.05, 0) is 37.5 Å². The fraction of sp³-hybridized carbons (Fsp3) is 0.550. The van der Waals surface area contributed by atoms with Gasteiger partial charge in [-0.15, -0.1) is 0 Å². The molecule has 1 amide bonds. The summed E-state index contributed by atoms with van der Waals surface area (Å²) >= 11 is 0. The molecule has 0 radical (unpaired) electrons. The number of hydrogen-bond acceptors (Lipinski definition) is 3. The normalized spacial score (nSPS) is 16.1. The van der Waals surface area contributed by atoms with Crippen molar-refractivity contribution >= 4 is 17.4 Å². The van der Waals surface area contributed by atoms with Crippen molar-refractivity contribution in [2.24, 2.45) is 4.99 Å². The zero-order valence-electron chi connectivity index (χ0n) is 16.6. The molecule has 1 fully saturated rings. The Kier molecular flexibility index (Phi) is 8.30. The van der Waals surface area contributed by atoms with E-state index >= 15 is 0 Å². The lowest BCUT2D eigenvalue weighted by atomic mass is 10.1. The molecular formula is C20H22F6N4O. The van der Waals surface area contributed by atoms with E-state index in [0.29, 0.717) is 38.1 Å². The number of rotatable bonds is 6. The van der Waals surface area contributed by atoms with Crippen molar-refractivity contribution in [2.45, 2.75) is 50.9 Å². The number of hydrogen-bond donors (Lipinski definition) is 1. The van der Waals surface area contributed by atoms with Crippen LogP contribution in [-0.2, 0) is 17.1 Å². The lowest BCUT2D eigenvalue weighted by molar-refractivity contribution is -0.143. The summed E-state index contributed by atoms with van der Waals surface area (Å²) in [5.41, 5.74) is -3.37. The highest BCUT2D eigenvalue weighted by Gasteiger charge is 2.37. The minimum absolute atomic E-state index is 0.0322. The van der Waals surface area contributed by atoms with Crippen molar-refractivity contribution in [3.05, 3.63) is 29.3 Å². The number of nitrogens with zero attached hydrogens (tertiary/aromatic N) is 3. The number of anilines is 1. The number of amidine groups is 1. The highest BCUT2D eigenvalue weighted by atomic mass is 19.4. The molecule has 31 heavy (non-hydrogen) atoms. The van der Waals surface area contributed by atoms with Gasteiger partial charge < -0.3 is 10.2 Å². The largest absolute Gasteiger partial charge is 0.416 e. The summed E-state index contributed by atoms with van der Waals surface area (Å²) in [6, 6.07) is 2.89. The lowest BCUT2D eigenvalue weighted by Gasteiger charge is -2.20. The number of benzene rings is 1. The molecule has 0 bridgehead atoms. The smallest absolute Gasteiger partial charge is 0.343 e. The number of aliphatic imine (C=N–C) groups is 1. The minimum atomic E-state index is -4.97. The molecule has 2 rings (SSSR count). The highest BCUT2D eigenvalue weighted by molar-refractivity contribution is 5.96. The molecule has 1 aromatic carbocycles. The van der Waals surface area contributed by atoms with Gasteiger partial charge in [0.2, 0.25) is 5.91 Å². The van der Waals surface area contributed by atoms with E-state index in [9.17, 15) is 31.1 Å². The van der Waals surface area contributed by atoms with Crippen molar-refractivity contribution in [3.8, 4) is 6.07 Å². The third-order valence-corrected chi connectivity index (χ3v) is 4.68. The van der Waals surface area contributed by atoms with Gasteiger partial charge in [0.25, 0.3) is 0 Å². The molecule has 0 unspecified atom stereocenters. The van der Waals surface area contributed by atoms with Crippen LogP contribution in [0.25, 0.3) is 0 Å². The quantitative estimate of drug-likeness (QED) is 0.280. The van der Waals surface area contributed by atoms with Crippen molar-refractivity contribution in [1.82, 2.24) is 4.90 Å². The molecule has 1 saturated heterocycles. The van der Waals surface area contributed by atoms with Crippen LogP contribution in [0, 0.1) is 11.3 Å². The molecule has 1 aliphatic rings. The summed E-state index contributed by atoms with van der Waals surface area (Å²) in [7, 11) is 0. The van der Waals surface area contributed by atoms with E-state index in [-0.39, 0.29) is 30.8 Å². The summed E-state index contributed by atoms with van der Waals surface area (Å²) in [6.45, 7) is 1.26. The number of halogens is 6. The molecule has 0 aromatic heterocycles. The van der Waals surface area contributed by atoms with Crippen LogP contribution in [0.1, 0.15) is 49.7 Å². The molecule has 1 N–H and O–H groups in total. The fourth-order valence-corrected chi connectivity index (χ4v) is 3.16. The van der Waals surface area contributed by atoms with Crippen LogP contribution in [0.3, 0.4) is 0 Å². The first-order valence-electron chi connectivity index (χ1n) is 9.75.